The van der Waals surface area contributed by atoms with Gasteiger partial charge in [0.1, 0.15) is 5.82 Å². The second-order valence-corrected chi connectivity index (χ2v) is 10.0. The van der Waals surface area contributed by atoms with Crippen molar-refractivity contribution >= 4 is 27.5 Å². The van der Waals surface area contributed by atoms with Crippen LogP contribution in [-0.2, 0) is 32.8 Å². The number of hydrogen-bond acceptors (Lipinski definition) is 7. The van der Waals surface area contributed by atoms with Crippen molar-refractivity contribution in [3.8, 4) is 0 Å². The van der Waals surface area contributed by atoms with Crippen LogP contribution in [0.1, 0.15) is 32.5 Å². The first-order valence-electron chi connectivity index (χ1n) is 8.86. The summed E-state index contributed by atoms with van der Waals surface area (Å²) in [6.07, 6.45) is 2.27. The van der Waals surface area contributed by atoms with E-state index in [1.165, 1.54) is 11.8 Å². The van der Waals surface area contributed by atoms with Crippen molar-refractivity contribution in [2.24, 2.45) is 13.0 Å². The Balaban J connectivity index is 1.71. The number of sulfone groups is 1. The standard InChI is InChI=1S/C16H28N4O4S2/c1-12(2)24-7-4-6-17-15(21)10-25-16-19-18-14(20(16)3)9-13-5-8-26(22,23)11-13/h12-13H,4-11H2,1-3H3,(H,17,21)/t13-/m1/s1. The molecule has 0 saturated carbocycles. The van der Waals surface area contributed by atoms with Crippen molar-refractivity contribution in [3.63, 3.8) is 0 Å². The van der Waals surface area contributed by atoms with E-state index in [9.17, 15) is 13.2 Å². The SMILES string of the molecule is CC(C)OCCCNC(=O)CSc1nnc(C[C@H]2CCS(=O)(=O)C2)n1C. The van der Waals surface area contributed by atoms with Gasteiger partial charge in [0, 0.05) is 26.6 Å². The van der Waals surface area contributed by atoms with Crippen LogP contribution in [0.4, 0.5) is 0 Å². The second-order valence-electron chi connectivity index (χ2n) is 6.84. The van der Waals surface area contributed by atoms with E-state index in [4.69, 9.17) is 4.74 Å². The Kier molecular flexibility index (Phi) is 7.90. The van der Waals surface area contributed by atoms with Crippen molar-refractivity contribution in [3.05, 3.63) is 5.82 Å². The van der Waals surface area contributed by atoms with E-state index >= 15 is 0 Å². The average Bonchev–Trinajstić information content (AvgIpc) is 3.08. The Morgan fingerprint density at radius 3 is 2.85 bits per heavy atom. The fraction of sp³-hybridized carbons (Fsp3) is 0.812. The molecule has 2 rings (SSSR count). The third-order valence-electron chi connectivity index (χ3n) is 4.15. The van der Waals surface area contributed by atoms with Crippen molar-refractivity contribution in [2.45, 2.75) is 44.4 Å². The van der Waals surface area contributed by atoms with Crippen LogP contribution in [0.25, 0.3) is 0 Å². The molecule has 26 heavy (non-hydrogen) atoms. The lowest BCUT2D eigenvalue weighted by molar-refractivity contribution is -0.118. The van der Waals surface area contributed by atoms with Gasteiger partial charge in [-0.3, -0.25) is 4.79 Å². The van der Waals surface area contributed by atoms with Gasteiger partial charge in [-0.1, -0.05) is 11.8 Å². The minimum absolute atomic E-state index is 0.0500. The number of amides is 1. The van der Waals surface area contributed by atoms with Crippen LogP contribution in [0, 0.1) is 5.92 Å². The van der Waals surface area contributed by atoms with E-state index in [0.717, 1.165) is 12.2 Å². The topological polar surface area (TPSA) is 103 Å². The first kappa shape index (κ1) is 21.2. The lowest BCUT2D eigenvalue weighted by atomic mass is 10.1. The maximum Gasteiger partial charge on any atom is 0.230 e. The van der Waals surface area contributed by atoms with Crippen LogP contribution in [0.3, 0.4) is 0 Å². The van der Waals surface area contributed by atoms with Crippen LogP contribution in [0.5, 0.6) is 0 Å². The molecule has 148 valence electrons. The molecule has 0 aromatic carbocycles. The van der Waals surface area contributed by atoms with Gasteiger partial charge in [-0.2, -0.15) is 0 Å². The second kappa shape index (κ2) is 9.70. The van der Waals surface area contributed by atoms with Gasteiger partial charge in [0.15, 0.2) is 15.0 Å². The molecule has 0 radical (unpaired) electrons. The van der Waals surface area contributed by atoms with E-state index in [1.54, 1.807) is 0 Å². The van der Waals surface area contributed by atoms with Crippen LogP contribution in [-0.4, -0.2) is 65.6 Å². The number of aromatic nitrogens is 3. The molecule has 0 unspecified atom stereocenters. The highest BCUT2D eigenvalue weighted by Gasteiger charge is 2.29. The number of carbonyl (C=O) groups excluding carboxylic acids is 1. The Morgan fingerprint density at radius 1 is 1.42 bits per heavy atom. The number of nitrogens with zero attached hydrogens (tertiary/aromatic N) is 3. The molecule has 1 atom stereocenters. The molecular formula is C16H28N4O4S2. The predicted molar refractivity (Wildman–Crippen MR) is 101 cm³/mol. The number of nitrogens with one attached hydrogen (secondary N) is 1. The Hall–Kier alpha value is -1.13. The van der Waals surface area contributed by atoms with Crippen molar-refractivity contribution in [2.75, 3.05) is 30.4 Å². The van der Waals surface area contributed by atoms with Gasteiger partial charge in [0.25, 0.3) is 0 Å². The van der Waals surface area contributed by atoms with Gasteiger partial charge >= 0.3 is 0 Å². The summed E-state index contributed by atoms with van der Waals surface area (Å²) >= 11 is 1.33. The smallest absolute Gasteiger partial charge is 0.230 e. The summed E-state index contributed by atoms with van der Waals surface area (Å²) < 4.78 is 30.4. The molecule has 0 spiro atoms. The summed E-state index contributed by atoms with van der Waals surface area (Å²) in [6.45, 7) is 5.19. The summed E-state index contributed by atoms with van der Waals surface area (Å²) in [5, 5.41) is 11.8. The van der Waals surface area contributed by atoms with Gasteiger partial charge in [-0.15, -0.1) is 10.2 Å². The number of ether oxygens (including phenoxy) is 1. The molecule has 0 bridgehead atoms. The summed E-state index contributed by atoms with van der Waals surface area (Å²) in [7, 11) is -1.04. The van der Waals surface area contributed by atoms with Gasteiger partial charge in [-0.25, -0.2) is 8.42 Å². The van der Waals surface area contributed by atoms with Crippen molar-refractivity contribution < 1.29 is 17.9 Å². The molecule has 10 heteroatoms. The Labute approximate surface area is 159 Å². The minimum Gasteiger partial charge on any atom is -0.379 e. The van der Waals surface area contributed by atoms with Gasteiger partial charge in [0.05, 0.1) is 23.4 Å². The molecule has 0 aliphatic carbocycles. The van der Waals surface area contributed by atoms with Crippen LogP contribution >= 0.6 is 11.8 Å². The Morgan fingerprint density at radius 2 is 2.19 bits per heavy atom. The highest BCUT2D eigenvalue weighted by atomic mass is 32.2. The van der Waals surface area contributed by atoms with E-state index in [-0.39, 0.29) is 35.2 Å². The highest BCUT2D eigenvalue weighted by molar-refractivity contribution is 7.99. The third kappa shape index (κ3) is 6.88. The largest absolute Gasteiger partial charge is 0.379 e. The summed E-state index contributed by atoms with van der Waals surface area (Å²) in [5.74, 6) is 1.59. The first-order chi connectivity index (χ1) is 12.3. The van der Waals surface area contributed by atoms with E-state index in [1.807, 2.05) is 25.5 Å². The molecule has 1 fully saturated rings. The molecular weight excluding hydrogens is 376 g/mol. The monoisotopic (exact) mass is 404 g/mol. The average molecular weight is 405 g/mol. The van der Waals surface area contributed by atoms with Gasteiger partial charge in [0.2, 0.25) is 5.91 Å². The molecule has 8 nitrogen and oxygen atoms in total. The fourth-order valence-electron chi connectivity index (χ4n) is 2.74. The van der Waals surface area contributed by atoms with E-state index in [2.05, 4.69) is 15.5 Å². The normalized spacial score (nSPS) is 19.2. The quantitative estimate of drug-likeness (QED) is 0.455. The van der Waals surface area contributed by atoms with Crippen molar-refractivity contribution in [1.82, 2.24) is 20.1 Å². The van der Waals surface area contributed by atoms with E-state index in [0.29, 0.717) is 31.1 Å². The lowest BCUT2D eigenvalue weighted by Crippen LogP contribution is -2.27. The fourth-order valence-corrected chi connectivity index (χ4v) is 5.36. The Bertz CT molecular complexity index is 703. The maximum atomic E-state index is 11.9. The molecule has 2 heterocycles. The zero-order chi connectivity index (χ0) is 19.2. The van der Waals surface area contributed by atoms with Crippen LogP contribution < -0.4 is 5.32 Å². The molecule has 1 N–H and O–H groups in total. The molecule has 1 aromatic rings. The predicted octanol–water partition coefficient (Wildman–Crippen LogP) is 0.816. The van der Waals surface area contributed by atoms with Gasteiger partial charge in [-0.05, 0) is 32.6 Å². The van der Waals surface area contributed by atoms with Crippen LogP contribution in [0.2, 0.25) is 0 Å². The third-order valence-corrected chi connectivity index (χ3v) is 7.01. The van der Waals surface area contributed by atoms with Crippen molar-refractivity contribution in [1.29, 1.82) is 0 Å². The van der Waals surface area contributed by atoms with E-state index < -0.39 is 9.84 Å². The van der Waals surface area contributed by atoms with Gasteiger partial charge < -0.3 is 14.6 Å². The number of thioether (sulfide) groups is 1. The summed E-state index contributed by atoms with van der Waals surface area (Å²) in [6, 6.07) is 0. The zero-order valence-corrected chi connectivity index (χ0v) is 17.2. The maximum absolute atomic E-state index is 11.9. The molecule has 1 aliphatic heterocycles. The molecule has 1 amide bonds. The first-order valence-corrected chi connectivity index (χ1v) is 11.7. The minimum atomic E-state index is -2.89. The van der Waals surface area contributed by atoms with Crippen LogP contribution in [0.15, 0.2) is 5.16 Å². The number of carbonyl (C=O) groups is 1. The molecule has 1 aliphatic rings. The lowest BCUT2D eigenvalue weighted by Gasteiger charge is -2.09. The summed E-state index contributed by atoms with van der Waals surface area (Å²) in [5.41, 5.74) is 0. The number of rotatable bonds is 10. The summed E-state index contributed by atoms with van der Waals surface area (Å²) in [4.78, 5) is 11.9. The molecule has 1 saturated heterocycles. The zero-order valence-electron chi connectivity index (χ0n) is 15.6. The molecule has 1 aromatic heterocycles. The number of hydrogen-bond donors (Lipinski definition) is 1. The highest BCUT2D eigenvalue weighted by Crippen LogP contribution is 2.23.